The summed E-state index contributed by atoms with van der Waals surface area (Å²) < 4.78 is 5.10. The molecule has 7 nitrogen and oxygen atoms in total. The first-order valence-electron chi connectivity index (χ1n) is 6.43. The third-order valence-corrected chi connectivity index (χ3v) is 3.62. The summed E-state index contributed by atoms with van der Waals surface area (Å²) >= 11 is 1.36. The minimum atomic E-state index is -0.582. The maximum absolute atomic E-state index is 12.1. The first-order valence-corrected chi connectivity index (χ1v) is 7.66. The van der Waals surface area contributed by atoms with E-state index in [0.29, 0.717) is 23.7 Å². The first-order chi connectivity index (χ1) is 10.0. The highest BCUT2D eigenvalue weighted by atomic mass is 35.5. The lowest BCUT2D eigenvalue weighted by molar-refractivity contribution is -0.385. The highest BCUT2D eigenvalue weighted by Gasteiger charge is 2.23. The smallest absolute Gasteiger partial charge is 0.285 e. The Labute approximate surface area is 139 Å². The lowest BCUT2D eigenvalue weighted by atomic mass is 10.1. The summed E-state index contributed by atoms with van der Waals surface area (Å²) in [6, 6.07) is 2.76. The van der Waals surface area contributed by atoms with Crippen LogP contribution >= 0.6 is 24.2 Å². The van der Waals surface area contributed by atoms with Gasteiger partial charge in [0.2, 0.25) is 0 Å². The van der Waals surface area contributed by atoms with E-state index in [-0.39, 0.29) is 23.7 Å². The van der Waals surface area contributed by atoms with Gasteiger partial charge in [0.25, 0.3) is 11.6 Å². The Morgan fingerprint density at radius 3 is 2.64 bits per heavy atom. The lowest BCUT2D eigenvalue weighted by Gasteiger charge is -2.10. The van der Waals surface area contributed by atoms with Crippen molar-refractivity contribution in [3.8, 4) is 5.75 Å². The van der Waals surface area contributed by atoms with Gasteiger partial charge in [0.15, 0.2) is 0 Å². The zero-order valence-corrected chi connectivity index (χ0v) is 14.1. The van der Waals surface area contributed by atoms with Gasteiger partial charge in [0.1, 0.15) is 11.3 Å². The molecule has 0 heterocycles. The predicted molar refractivity (Wildman–Crippen MR) is 89.3 cm³/mol. The Morgan fingerprint density at radius 2 is 2.14 bits per heavy atom. The maximum atomic E-state index is 12.1. The van der Waals surface area contributed by atoms with Gasteiger partial charge in [-0.05, 0) is 31.7 Å². The van der Waals surface area contributed by atoms with E-state index in [1.165, 1.54) is 31.0 Å². The molecule has 0 aliphatic rings. The Kier molecular flexibility index (Phi) is 9.55. The Bertz CT molecular complexity index is 528. The zero-order valence-electron chi connectivity index (χ0n) is 12.5. The van der Waals surface area contributed by atoms with Crippen LogP contribution in [0.1, 0.15) is 23.2 Å². The minimum Gasteiger partial charge on any atom is -0.495 e. The fraction of sp³-hybridized carbons (Fsp3) is 0.462. The molecule has 3 N–H and O–H groups in total. The summed E-state index contributed by atoms with van der Waals surface area (Å²) in [5, 5.41) is 13.8. The number of ether oxygens (including phenoxy) is 1. The lowest BCUT2D eigenvalue weighted by Crippen LogP contribution is -2.25. The molecule has 0 radical (unpaired) electrons. The van der Waals surface area contributed by atoms with Crippen molar-refractivity contribution < 1.29 is 14.5 Å². The monoisotopic (exact) mass is 349 g/mol. The molecule has 1 rings (SSSR count). The molecule has 0 fully saturated rings. The van der Waals surface area contributed by atoms with Crippen LogP contribution in [-0.4, -0.2) is 37.3 Å². The number of hydrogen-bond donors (Lipinski definition) is 2. The third kappa shape index (κ3) is 5.36. The van der Waals surface area contributed by atoms with Crippen molar-refractivity contribution in [2.24, 2.45) is 5.73 Å². The van der Waals surface area contributed by atoms with E-state index in [1.54, 1.807) is 0 Å². The number of thioether (sulfide) groups is 1. The van der Waals surface area contributed by atoms with Crippen LogP contribution in [0, 0.1) is 10.1 Å². The molecule has 0 spiro atoms. The predicted octanol–water partition coefficient (Wildman–Crippen LogP) is 2.22. The summed E-state index contributed by atoms with van der Waals surface area (Å²) in [6.07, 6.45) is 3.34. The number of benzene rings is 1. The van der Waals surface area contributed by atoms with E-state index >= 15 is 0 Å². The van der Waals surface area contributed by atoms with Gasteiger partial charge in [-0.1, -0.05) is 0 Å². The molecule has 9 heteroatoms. The van der Waals surface area contributed by atoms with Crippen molar-refractivity contribution in [1.29, 1.82) is 0 Å². The number of nitrogens with one attached hydrogen (secondary N) is 1. The van der Waals surface area contributed by atoms with Crippen LogP contribution in [0.15, 0.2) is 17.0 Å². The number of carbonyl (C=O) groups excluding carboxylic acids is 1. The van der Waals surface area contributed by atoms with Crippen LogP contribution in [0.5, 0.6) is 5.75 Å². The second-order valence-corrected chi connectivity index (χ2v) is 5.08. The number of nitro benzene ring substituents is 1. The fourth-order valence-electron chi connectivity index (χ4n) is 1.77. The van der Waals surface area contributed by atoms with Crippen LogP contribution in [0.25, 0.3) is 0 Å². The van der Waals surface area contributed by atoms with Crippen LogP contribution < -0.4 is 15.8 Å². The Balaban J connectivity index is 0.00000441. The molecule has 1 amide bonds. The molecule has 22 heavy (non-hydrogen) atoms. The molecular weight excluding hydrogens is 330 g/mol. The van der Waals surface area contributed by atoms with Gasteiger partial charge in [-0.25, -0.2) is 0 Å². The van der Waals surface area contributed by atoms with E-state index in [2.05, 4.69) is 5.32 Å². The SMILES string of the molecule is COc1cc([N+](=O)[O-])c(C(=O)NCCCCN)cc1SC.Cl. The van der Waals surface area contributed by atoms with Crippen LogP contribution in [0.2, 0.25) is 0 Å². The highest BCUT2D eigenvalue weighted by molar-refractivity contribution is 7.98. The Morgan fingerprint density at radius 1 is 1.45 bits per heavy atom. The number of methoxy groups -OCH3 is 1. The van der Waals surface area contributed by atoms with Gasteiger partial charge in [-0.15, -0.1) is 24.2 Å². The van der Waals surface area contributed by atoms with Crippen LogP contribution in [0.4, 0.5) is 5.69 Å². The molecule has 0 bridgehead atoms. The van der Waals surface area contributed by atoms with Crippen molar-refractivity contribution in [1.82, 2.24) is 5.32 Å². The van der Waals surface area contributed by atoms with Gasteiger partial charge >= 0.3 is 0 Å². The van der Waals surface area contributed by atoms with Gasteiger partial charge in [-0.3, -0.25) is 14.9 Å². The average Bonchev–Trinajstić information content (AvgIpc) is 2.49. The minimum absolute atomic E-state index is 0. The molecule has 0 saturated heterocycles. The standard InChI is InChI=1S/C13H19N3O4S.ClH/c1-20-11-8-10(16(18)19)9(7-12(11)21-2)13(17)15-6-4-3-5-14;/h7-8H,3-6,14H2,1-2H3,(H,15,17);1H. The van der Waals surface area contributed by atoms with Crippen LogP contribution in [0.3, 0.4) is 0 Å². The fourth-order valence-corrected chi connectivity index (χ4v) is 2.35. The van der Waals surface area contributed by atoms with Crippen molar-refractivity contribution in [3.05, 3.63) is 27.8 Å². The van der Waals surface area contributed by atoms with Gasteiger partial charge in [0.05, 0.1) is 23.0 Å². The molecule has 0 aromatic heterocycles. The van der Waals surface area contributed by atoms with Gasteiger partial charge in [-0.2, -0.15) is 0 Å². The summed E-state index contributed by atoms with van der Waals surface area (Å²) in [5.74, 6) is -0.0782. The van der Waals surface area contributed by atoms with Gasteiger partial charge in [0, 0.05) is 6.54 Å². The normalized spacial score (nSPS) is 9.77. The second kappa shape index (κ2) is 10.3. The average molecular weight is 350 g/mol. The number of hydrogen-bond acceptors (Lipinski definition) is 6. The summed E-state index contributed by atoms with van der Waals surface area (Å²) in [6.45, 7) is 0.989. The molecule has 1 aromatic rings. The van der Waals surface area contributed by atoms with Crippen molar-refractivity contribution in [3.63, 3.8) is 0 Å². The Hall–Kier alpha value is -1.51. The second-order valence-electron chi connectivity index (χ2n) is 4.23. The van der Waals surface area contributed by atoms with E-state index in [4.69, 9.17) is 10.5 Å². The molecule has 0 aliphatic heterocycles. The number of nitrogens with zero attached hydrogens (tertiary/aromatic N) is 1. The highest BCUT2D eigenvalue weighted by Crippen LogP contribution is 2.34. The maximum Gasteiger partial charge on any atom is 0.285 e. The van der Waals surface area contributed by atoms with Crippen LogP contribution in [-0.2, 0) is 0 Å². The molecule has 1 aromatic carbocycles. The molecule has 0 atom stereocenters. The number of carbonyl (C=O) groups is 1. The van der Waals surface area contributed by atoms with Crippen molar-refractivity contribution in [2.75, 3.05) is 26.5 Å². The zero-order chi connectivity index (χ0) is 15.8. The summed E-state index contributed by atoms with van der Waals surface area (Å²) in [7, 11) is 1.44. The number of halogens is 1. The molecule has 124 valence electrons. The first kappa shape index (κ1) is 20.5. The molecular formula is C13H20ClN3O4S. The number of nitrogens with two attached hydrogens (primary N) is 1. The number of unbranched alkanes of at least 4 members (excludes halogenated alkanes) is 1. The number of rotatable bonds is 8. The number of nitro groups is 1. The van der Waals surface area contributed by atoms with E-state index < -0.39 is 10.8 Å². The van der Waals surface area contributed by atoms with Crippen molar-refractivity contribution >= 4 is 35.8 Å². The van der Waals surface area contributed by atoms with Crippen molar-refractivity contribution in [2.45, 2.75) is 17.7 Å². The largest absolute Gasteiger partial charge is 0.495 e. The van der Waals surface area contributed by atoms with E-state index in [9.17, 15) is 14.9 Å². The number of amides is 1. The third-order valence-electron chi connectivity index (χ3n) is 2.86. The molecule has 0 saturated carbocycles. The molecule has 0 aliphatic carbocycles. The summed E-state index contributed by atoms with van der Waals surface area (Å²) in [5.41, 5.74) is 5.15. The molecule has 0 unspecified atom stereocenters. The quantitative estimate of drug-likeness (QED) is 0.322. The van der Waals surface area contributed by atoms with E-state index in [0.717, 1.165) is 12.8 Å². The summed E-state index contributed by atoms with van der Waals surface area (Å²) in [4.78, 5) is 23.3. The van der Waals surface area contributed by atoms with E-state index in [1.807, 2.05) is 6.26 Å². The van der Waals surface area contributed by atoms with Gasteiger partial charge < -0.3 is 15.8 Å². The topological polar surface area (TPSA) is 107 Å².